The minimum absolute atomic E-state index is 0. The van der Waals surface area contributed by atoms with E-state index < -0.39 is 0 Å². The van der Waals surface area contributed by atoms with Crippen molar-refractivity contribution in [2.45, 2.75) is 64.2 Å². The van der Waals surface area contributed by atoms with Gasteiger partial charge in [-0.1, -0.05) is 32.1 Å². The molecule has 0 aromatic heterocycles. The number of halogens is 1. The lowest BCUT2D eigenvalue weighted by atomic mass is 9.88. The van der Waals surface area contributed by atoms with Crippen LogP contribution >= 0.6 is 12.4 Å². The quantitative estimate of drug-likeness (QED) is 0.859. The molecule has 4 heteroatoms. The Kier molecular flexibility index (Phi) is 9.34. The highest BCUT2D eigenvalue weighted by Gasteiger charge is 2.27. The van der Waals surface area contributed by atoms with E-state index in [-0.39, 0.29) is 12.4 Å². The van der Waals surface area contributed by atoms with Crippen molar-refractivity contribution >= 4 is 18.3 Å². The molecular formula is C17H33ClN2O. The number of piperidine rings is 1. The van der Waals surface area contributed by atoms with Crippen molar-refractivity contribution < 1.29 is 4.79 Å². The molecular weight excluding hydrogens is 284 g/mol. The van der Waals surface area contributed by atoms with Gasteiger partial charge in [0.1, 0.15) is 0 Å². The molecule has 2 rings (SSSR count). The fourth-order valence-corrected chi connectivity index (χ4v) is 3.75. The molecule has 0 unspecified atom stereocenters. The highest BCUT2D eigenvalue weighted by molar-refractivity contribution is 5.85. The zero-order valence-corrected chi connectivity index (χ0v) is 14.4. The molecule has 0 aromatic rings. The molecule has 124 valence electrons. The van der Waals surface area contributed by atoms with E-state index in [0.717, 1.165) is 38.4 Å². The summed E-state index contributed by atoms with van der Waals surface area (Å²) in [6.45, 7) is 3.12. The minimum Gasteiger partial charge on any atom is -0.342 e. The SMILES string of the molecule is CNCCC1CCN(C(=O)C2CCCCCCC2)CC1.Cl. The third-order valence-corrected chi connectivity index (χ3v) is 5.18. The number of hydrogen-bond donors (Lipinski definition) is 1. The second-order valence-corrected chi connectivity index (χ2v) is 6.70. The Balaban J connectivity index is 0.00000220. The molecule has 0 bridgehead atoms. The Morgan fingerprint density at radius 1 is 1.00 bits per heavy atom. The number of hydrogen-bond acceptors (Lipinski definition) is 2. The fraction of sp³-hybridized carbons (Fsp3) is 0.941. The summed E-state index contributed by atoms with van der Waals surface area (Å²) in [6.07, 6.45) is 12.5. The summed E-state index contributed by atoms with van der Waals surface area (Å²) in [6, 6.07) is 0. The second-order valence-electron chi connectivity index (χ2n) is 6.70. The number of amides is 1. The zero-order valence-electron chi connectivity index (χ0n) is 13.6. The van der Waals surface area contributed by atoms with Gasteiger partial charge in [-0.15, -0.1) is 12.4 Å². The van der Waals surface area contributed by atoms with E-state index in [2.05, 4.69) is 10.2 Å². The second kappa shape index (κ2) is 10.4. The van der Waals surface area contributed by atoms with E-state index in [0.29, 0.717) is 11.8 Å². The molecule has 1 heterocycles. The van der Waals surface area contributed by atoms with E-state index in [1.165, 1.54) is 51.4 Å². The molecule has 1 aliphatic carbocycles. The molecule has 2 aliphatic rings. The summed E-state index contributed by atoms with van der Waals surface area (Å²) in [7, 11) is 2.02. The summed E-state index contributed by atoms with van der Waals surface area (Å²) in [4.78, 5) is 14.8. The highest BCUT2D eigenvalue weighted by Crippen LogP contribution is 2.27. The zero-order chi connectivity index (χ0) is 14.2. The maximum Gasteiger partial charge on any atom is 0.225 e. The van der Waals surface area contributed by atoms with Crippen LogP contribution in [0.4, 0.5) is 0 Å². The fourth-order valence-electron chi connectivity index (χ4n) is 3.75. The summed E-state index contributed by atoms with van der Waals surface area (Å²) < 4.78 is 0. The summed E-state index contributed by atoms with van der Waals surface area (Å²) in [5.41, 5.74) is 0. The van der Waals surface area contributed by atoms with Gasteiger partial charge in [0.15, 0.2) is 0 Å². The average Bonchev–Trinajstić information content (AvgIpc) is 2.45. The third-order valence-electron chi connectivity index (χ3n) is 5.18. The first-order chi connectivity index (χ1) is 9.81. The molecule has 0 atom stereocenters. The van der Waals surface area contributed by atoms with Gasteiger partial charge in [0, 0.05) is 19.0 Å². The molecule has 1 amide bonds. The monoisotopic (exact) mass is 316 g/mol. The van der Waals surface area contributed by atoms with Crippen molar-refractivity contribution in [3.8, 4) is 0 Å². The van der Waals surface area contributed by atoms with Crippen molar-refractivity contribution in [1.29, 1.82) is 0 Å². The number of nitrogens with one attached hydrogen (secondary N) is 1. The summed E-state index contributed by atoms with van der Waals surface area (Å²) in [5, 5.41) is 3.23. The maximum atomic E-state index is 12.7. The van der Waals surface area contributed by atoms with Crippen LogP contribution in [-0.4, -0.2) is 37.5 Å². The molecule has 0 radical (unpaired) electrons. The Morgan fingerprint density at radius 3 is 2.14 bits per heavy atom. The molecule has 21 heavy (non-hydrogen) atoms. The van der Waals surface area contributed by atoms with E-state index in [1.54, 1.807) is 0 Å². The number of carbonyl (C=O) groups excluding carboxylic acids is 1. The maximum absolute atomic E-state index is 12.7. The predicted octanol–water partition coefficient (Wildman–Crippen LogP) is 3.62. The molecule has 0 aromatic carbocycles. The lowest BCUT2D eigenvalue weighted by molar-refractivity contribution is -0.137. The van der Waals surface area contributed by atoms with E-state index in [4.69, 9.17) is 0 Å². The predicted molar refractivity (Wildman–Crippen MR) is 90.9 cm³/mol. The van der Waals surface area contributed by atoms with Crippen LogP contribution < -0.4 is 5.32 Å². The first-order valence-corrected chi connectivity index (χ1v) is 8.74. The molecule has 1 saturated heterocycles. The Bertz CT molecular complexity index is 283. The van der Waals surface area contributed by atoms with Gasteiger partial charge >= 0.3 is 0 Å². The molecule has 3 nitrogen and oxygen atoms in total. The standard InChI is InChI=1S/C17H32N2O.ClH/c1-18-12-9-15-10-13-19(14-11-15)17(20)16-7-5-3-2-4-6-8-16;/h15-16,18H,2-14H2,1H3;1H. The number of carbonyl (C=O) groups is 1. The molecule has 2 fully saturated rings. The van der Waals surface area contributed by atoms with Crippen molar-refractivity contribution in [2.75, 3.05) is 26.7 Å². The van der Waals surface area contributed by atoms with Crippen molar-refractivity contribution in [2.24, 2.45) is 11.8 Å². The van der Waals surface area contributed by atoms with E-state index >= 15 is 0 Å². The first-order valence-electron chi connectivity index (χ1n) is 8.74. The molecule has 1 saturated carbocycles. The Hall–Kier alpha value is -0.280. The number of nitrogens with zero attached hydrogens (tertiary/aromatic N) is 1. The van der Waals surface area contributed by atoms with E-state index in [1.807, 2.05) is 7.05 Å². The molecule has 0 spiro atoms. The van der Waals surface area contributed by atoms with Gasteiger partial charge in [-0.05, 0) is 51.6 Å². The number of rotatable bonds is 4. The van der Waals surface area contributed by atoms with Gasteiger partial charge in [-0.3, -0.25) is 4.79 Å². The van der Waals surface area contributed by atoms with Crippen LogP contribution in [0, 0.1) is 11.8 Å². The van der Waals surface area contributed by atoms with Crippen LogP contribution in [0.2, 0.25) is 0 Å². The molecule has 1 N–H and O–H groups in total. The van der Waals surface area contributed by atoms with E-state index in [9.17, 15) is 4.79 Å². The number of likely N-dealkylation sites (tertiary alicyclic amines) is 1. The summed E-state index contributed by atoms with van der Waals surface area (Å²) >= 11 is 0. The van der Waals surface area contributed by atoms with Gasteiger partial charge in [-0.25, -0.2) is 0 Å². The van der Waals surface area contributed by atoms with Gasteiger partial charge in [0.05, 0.1) is 0 Å². The Labute approximate surface area is 136 Å². The van der Waals surface area contributed by atoms with Crippen molar-refractivity contribution in [3.63, 3.8) is 0 Å². The van der Waals surface area contributed by atoms with Crippen molar-refractivity contribution in [3.05, 3.63) is 0 Å². The highest BCUT2D eigenvalue weighted by atomic mass is 35.5. The Morgan fingerprint density at radius 2 is 1.57 bits per heavy atom. The van der Waals surface area contributed by atoms with Crippen molar-refractivity contribution in [1.82, 2.24) is 10.2 Å². The first kappa shape index (κ1) is 18.8. The van der Waals surface area contributed by atoms with Crippen LogP contribution in [0.25, 0.3) is 0 Å². The minimum atomic E-state index is 0. The van der Waals surface area contributed by atoms with Gasteiger partial charge in [-0.2, -0.15) is 0 Å². The molecule has 1 aliphatic heterocycles. The van der Waals surface area contributed by atoms with Crippen LogP contribution in [-0.2, 0) is 4.79 Å². The van der Waals surface area contributed by atoms with Crippen LogP contribution in [0.5, 0.6) is 0 Å². The topological polar surface area (TPSA) is 32.3 Å². The van der Waals surface area contributed by atoms with Gasteiger partial charge < -0.3 is 10.2 Å². The third kappa shape index (κ3) is 6.15. The van der Waals surface area contributed by atoms with Crippen LogP contribution in [0.15, 0.2) is 0 Å². The largest absolute Gasteiger partial charge is 0.342 e. The smallest absolute Gasteiger partial charge is 0.225 e. The van der Waals surface area contributed by atoms with Gasteiger partial charge in [0.2, 0.25) is 5.91 Å². The lowest BCUT2D eigenvalue weighted by Gasteiger charge is -2.34. The average molecular weight is 317 g/mol. The summed E-state index contributed by atoms with van der Waals surface area (Å²) in [5.74, 6) is 1.63. The van der Waals surface area contributed by atoms with Gasteiger partial charge in [0.25, 0.3) is 0 Å². The van der Waals surface area contributed by atoms with Crippen LogP contribution in [0.1, 0.15) is 64.2 Å². The lowest BCUT2D eigenvalue weighted by Crippen LogP contribution is -2.42. The van der Waals surface area contributed by atoms with Crippen LogP contribution in [0.3, 0.4) is 0 Å². The normalized spacial score (nSPS) is 22.2.